The van der Waals surface area contributed by atoms with E-state index < -0.39 is 0 Å². The lowest BCUT2D eigenvalue weighted by Crippen LogP contribution is -2.46. The van der Waals surface area contributed by atoms with E-state index >= 15 is 0 Å². The largest absolute Gasteiger partial charge is 0.399 e. The van der Waals surface area contributed by atoms with Crippen LogP contribution in [0.2, 0.25) is 0 Å². The lowest BCUT2D eigenvalue weighted by molar-refractivity contribution is -0.120. The minimum Gasteiger partial charge on any atom is -0.399 e. The lowest BCUT2D eigenvalue weighted by Gasteiger charge is -2.35. The van der Waals surface area contributed by atoms with Crippen LogP contribution in [-0.4, -0.2) is 36.5 Å². The number of nitrogens with two attached hydrogens (primary N) is 1. The fourth-order valence-corrected chi connectivity index (χ4v) is 2.90. The molecule has 116 valence electrons. The summed E-state index contributed by atoms with van der Waals surface area (Å²) >= 11 is 0. The van der Waals surface area contributed by atoms with Crippen LogP contribution in [0.4, 0.5) is 5.69 Å². The molecule has 4 heteroatoms. The van der Waals surface area contributed by atoms with E-state index in [4.69, 9.17) is 5.73 Å². The number of amides is 1. The third-order valence-corrected chi connectivity index (χ3v) is 4.25. The van der Waals surface area contributed by atoms with Gasteiger partial charge in [0.05, 0.1) is 6.42 Å². The number of carbonyl (C=O) groups is 1. The predicted octanol–water partition coefficient (Wildman–Crippen LogP) is 2.05. The summed E-state index contributed by atoms with van der Waals surface area (Å²) in [4.78, 5) is 14.5. The molecule has 0 aliphatic carbocycles. The molecule has 0 saturated carbocycles. The summed E-state index contributed by atoms with van der Waals surface area (Å²) < 4.78 is 0. The van der Waals surface area contributed by atoms with Crippen LogP contribution in [0, 0.1) is 5.92 Å². The minimum atomic E-state index is 0.0803. The molecule has 0 bridgehead atoms. The molecule has 1 amide bonds. The third kappa shape index (κ3) is 5.05. The van der Waals surface area contributed by atoms with Crippen LogP contribution in [0.3, 0.4) is 0 Å². The molecule has 1 aliphatic heterocycles. The summed E-state index contributed by atoms with van der Waals surface area (Å²) in [5.41, 5.74) is 7.37. The molecular weight excluding hydrogens is 262 g/mol. The number of nitrogens with zero attached hydrogens (tertiary/aromatic N) is 1. The molecule has 0 aromatic heterocycles. The fourth-order valence-electron chi connectivity index (χ4n) is 2.90. The van der Waals surface area contributed by atoms with Crippen molar-refractivity contribution in [3.8, 4) is 0 Å². The van der Waals surface area contributed by atoms with Crippen LogP contribution in [0.1, 0.15) is 32.3 Å². The lowest BCUT2D eigenvalue weighted by atomic mass is 9.99. The zero-order valence-corrected chi connectivity index (χ0v) is 13.1. The monoisotopic (exact) mass is 289 g/mol. The van der Waals surface area contributed by atoms with E-state index in [0.717, 1.165) is 36.8 Å². The number of nitrogens with one attached hydrogen (secondary N) is 1. The number of hydrogen-bond donors (Lipinski definition) is 2. The number of anilines is 1. The molecule has 2 rings (SSSR count). The number of nitrogen functional groups attached to an aromatic ring is 1. The second kappa shape index (κ2) is 7.46. The Labute approximate surface area is 127 Å². The summed E-state index contributed by atoms with van der Waals surface area (Å²) in [5, 5.41) is 3.05. The molecule has 2 atom stereocenters. The molecule has 21 heavy (non-hydrogen) atoms. The van der Waals surface area contributed by atoms with Gasteiger partial charge in [0.15, 0.2) is 0 Å². The Hall–Kier alpha value is -1.55. The van der Waals surface area contributed by atoms with Crippen molar-refractivity contribution in [2.24, 2.45) is 5.92 Å². The number of carbonyl (C=O) groups excluding carboxylic acids is 1. The Kier molecular flexibility index (Phi) is 5.62. The van der Waals surface area contributed by atoms with Crippen molar-refractivity contribution in [2.45, 2.75) is 39.2 Å². The maximum atomic E-state index is 12.0. The van der Waals surface area contributed by atoms with Crippen LogP contribution in [0.25, 0.3) is 0 Å². The van der Waals surface area contributed by atoms with E-state index in [1.54, 1.807) is 0 Å². The van der Waals surface area contributed by atoms with Crippen LogP contribution in [0.15, 0.2) is 24.3 Å². The highest BCUT2D eigenvalue weighted by molar-refractivity contribution is 5.78. The van der Waals surface area contributed by atoms with E-state index in [-0.39, 0.29) is 5.91 Å². The van der Waals surface area contributed by atoms with Gasteiger partial charge in [-0.25, -0.2) is 0 Å². The SMILES string of the molecule is CC1CCCN(C(C)CNC(=O)Cc2ccc(N)cc2)C1. The number of benzene rings is 1. The van der Waals surface area contributed by atoms with E-state index in [2.05, 4.69) is 24.1 Å². The second-order valence-electron chi connectivity index (χ2n) is 6.31. The molecule has 4 nitrogen and oxygen atoms in total. The van der Waals surface area contributed by atoms with Gasteiger partial charge in [0, 0.05) is 24.8 Å². The number of rotatable bonds is 5. The van der Waals surface area contributed by atoms with Crippen LogP contribution >= 0.6 is 0 Å². The first-order chi connectivity index (χ1) is 10.0. The smallest absolute Gasteiger partial charge is 0.224 e. The average molecular weight is 289 g/mol. The first kappa shape index (κ1) is 15.8. The molecule has 1 heterocycles. The molecule has 1 fully saturated rings. The van der Waals surface area contributed by atoms with E-state index in [1.807, 2.05) is 24.3 Å². The van der Waals surface area contributed by atoms with Gasteiger partial charge in [0.2, 0.25) is 5.91 Å². The highest BCUT2D eigenvalue weighted by atomic mass is 16.1. The van der Waals surface area contributed by atoms with Crippen LogP contribution in [0.5, 0.6) is 0 Å². The zero-order valence-electron chi connectivity index (χ0n) is 13.1. The highest BCUT2D eigenvalue weighted by Crippen LogP contribution is 2.17. The number of piperidine rings is 1. The molecule has 1 aromatic rings. The van der Waals surface area contributed by atoms with Crippen molar-refractivity contribution < 1.29 is 4.79 Å². The fraction of sp³-hybridized carbons (Fsp3) is 0.588. The van der Waals surface area contributed by atoms with Gasteiger partial charge in [-0.05, 0) is 49.9 Å². The zero-order chi connectivity index (χ0) is 15.2. The van der Waals surface area contributed by atoms with Gasteiger partial charge in [-0.1, -0.05) is 19.1 Å². The highest BCUT2D eigenvalue weighted by Gasteiger charge is 2.21. The third-order valence-electron chi connectivity index (χ3n) is 4.25. The maximum absolute atomic E-state index is 12.0. The molecule has 2 unspecified atom stereocenters. The van der Waals surface area contributed by atoms with E-state index in [1.165, 1.54) is 12.8 Å². The Bertz CT molecular complexity index is 458. The van der Waals surface area contributed by atoms with Crippen molar-refractivity contribution in [3.63, 3.8) is 0 Å². The molecule has 0 spiro atoms. The molecular formula is C17H27N3O. The van der Waals surface area contributed by atoms with E-state index in [0.29, 0.717) is 12.5 Å². The summed E-state index contributed by atoms with van der Waals surface area (Å²) in [7, 11) is 0. The Morgan fingerprint density at radius 3 is 2.81 bits per heavy atom. The van der Waals surface area contributed by atoms with Crippen molar-refractivity contribution in [3.05, 3.63) is 29.8 Å². The van der Waals surface area contributed by atoms with Gasteiger partial charge in [-0.2, -0.15) is 0 Å². The van der Waals surface area contributed by atoms with Gasteiger partial charge < -0.3 is 11.1 Å². The summed E-state index contributed by atoms with van der Waals surface area (Å²) in [6.45, 7) is 7.52. The molecule has 0 radical (unpaired) electrons. The Balaban J connectivity index is 1.74. The van der Waals surface area contributed by atoms with Crippen LogP contribution < -0.4 is 11.1 Å². The first-order valence-electron chi connectivity index (χ1n) is 7.89. The second-order valence-corrected chi connectivity index (χ2v) is 6.31. The van der Waals surface area contributed by atoms with Crippen molar-refractivity contribution in [1.29, 1.82) is 0 Å². The molecule has 1 saturated heterocycles. The van der Waals surface area contributed by atoms with Gasteiger partial charge in [0.25, 0.3) is 0 Å². The van der Waals surface area contributed by atoms with Gasteiger partial charge in [-0.3, -0.25) is 9.69 Å². The summed E-state index contributed by atoms with van der Waals surface area (Å²) in [6, 6.07) is 7.89. The normalized spacial score (nSPS) is 21.0. The van der Waals surface area contributed by atoms with Crippen LogP contribution in [-0.2, 0) is 11.2 Å². The topological polar surface area (TPSA) is 58.4 Å². The first-order valence-corrected chi connectivity index (χ1v) is 7.89. The maximum Gasteiger partial charge on any atom is 0.224 e. The minimum absolute atomic E-state index is 0.0803. The summed E-state index contributed by atoms with van der Waals surface area (Å²) in [5.74, 6) is 0.850. The van der Waals surface area contributed by atoms with Crippen molar-refractivity contribution in [1.82, 2.24) is 10.2 Å². The van der Waals surface area contributed by atoms with Crippen molar-refractivity contribution in [2.75, 3.05) is 25.4 Å². The quantitative estimate of drug-likeness (QED) is 0.816. The summed E-state index contributed by atoms with van der Waals surface area (Å²) in [6.07, 6.45) is 3.01. The van der Waals surface area contributed by atoms with Gasteiger partial charge in [-0.15, -0.1) is 0 Å². The van der Waals surface area contributed by atoms with Gasteiger partial charge >= 0.3 is 0 Å². The van der Waals surface area contributed by atoms with Crippen molar-refractivity contribution >= 4 is 11.6 Å². The molecule has 1 aromatic carbocycles. The van der Waals surface area contributed by atoms with Gasteiger partial charge in [0.1, 0.15) is 0 Å². The number of likely N-dealkylation sites (tertiary alicyclic amines) is 1. The Morgan fingerprint density at radius 1 is 1.43 bits per heavy atom. The van der Waals surface area contributed by atoms with E-state index in [9.17, 15) is 4.79 Å². The predicted molar refractivity (Wildman–Crippen MR) is 87.0 cm³/mol. The average Bonchev–Trinajstić information content (AvgIpc) is 2.47. The molecule has 3 N–H and O–H groups in total. The molecule has 1 aliphatic rings. The Morgan fingerprint density at radius 2 is 2.14 bits per heavy atom. The number of hydrogen-bond acceptors (Lipinski definition) is 3. The standard InChI is InChI=1S/C17H27N3O/c1-13-4-3-9-20(12-13)14(2)11-19-17(21)10-15-5-7-16(18)8-6-15/h5-8,13-14H,3-4,9-12,18H2,1-2H3,(H,19,21).